The van der Waals surface area contributed by atoms with Crippen LogP contribution in [0.5, 0.6) is 0 Å². The largest absolute Gasteiger partial charge is 0.362 e. The third kappa shape index (κ3) is 3.02. The molecule has 2 aromatic carbocycles. The van der Waals surface area contributed by atoms with Crippen LogP contribution in [-0.4, -0.2) is 30.1 Å². The molecule has 0 amide bonds. The van der Waals surface area contributed by atoms with E-state index in [1.165, 1.54) is 12.4 Å². The minimum absolute atomic E-state index is 0.287. The average molecular weight is 420 g/mol. The molecule has 1 unspecified atom stereocenters. The molecule has 0 aliphatic rings. The number of aromatic nitrogens is 6. The van der Waals surface area contributed by atoms with Crippen molar-refractivity contribution >= 4 is 39.5 Å². The number of imidazole rings is 1. The molecule has 0 aliphatic heterocycles. The summed E-state index contributed by atoms with van der Waals surface area (Å²) < 4.78 is 14.8. The summed E-state index contributed by atoms with van der Waals surface area (Å²) in [5, 5.41) is 12.9. The molecule has 1 atom stereocenters. The Hall–Kier alpha value is -3.65. The summed E-state index contributed by atoms with van der Waals surface area (Å²) in [6.45, 7) is 1.95. The van der Waals surface area contributed by atoms with E-state index in [0.717, 1.165) is 5.56 Å². The van der Waals surface area contributed by atoms with Crippen LogP contribution in [0.25, 0.3) is 33.2 Å². The second-order valence-corrected chi connectivity index (χ2v) is 7.19. The Bertz CT molecular complexity index is 1380. The highest BCUT2D eigenvalue weighted by molar-refractivity contribution is 6.36. The molecule has 9 heteroatoms. The number of H-pyrrole nitrogens is 1. The Morgan fingerprint density at radius 3 is 2.87 bits per heavy atom. The number of fused-ring (bicyclic) bond motifs is 2. The lowest BCUT2D eigenvalue weighted by Crippen LogP contribution is -2.11. The van der Waals surface area contributed by atoms with Gasteiger partial charge in [0.15, 0.2) is 11.5 Å². The fourth-order valence-electron chi connectivity index (χ4n) is 3.58. The van der Waals surface area contributed by atoms with Gasteiger partial charge in [-0.05, 0) is 30.7 Å². The first-order valence-corrected chi connectivity index (χ1v) is 9.60. The fraction of sp³-hybridized carbons (Fsp3) is 0.0952. The first-order valence-electron chi connectivity index (χ1n) is 9.23. The normalized spacial score (nSPS) is 12.4. The lowest BCUT2D eigenvalue weighted by atomic mass is 9.92. The number of hydrogen-bond acceptors (Lipinski definition) is 6. The molecular formula is C21H15ClFN7. The van der Waals surface area contributed by atoms with Crippen molar-refractivity contribution in [3.8, 4) is 11.1 Å². The first-order chi connectivity index (χ1) is 14.6. The van der Waals surface area contributed by atoms with Gasteiger partial charge in [0.05, 0.1) is 23.6 Å². The molecule has 0 saturated carbocycles. The average Bonchev–Trinajstić information content (AvgIpc) is 3.24. The quantitative estimate of drug-likeness (QED) is 0.429. The highest BCUT2D eigenvalue weighted by Gasteiger charge is 2.22. The van der Waals surface area contributed by atoms with Crippen LogP contribution in [0.15, 0.2) is 55.2 Å². The van der Waals surface area contributed by atoms with E-state index < -0.39 is 0 Å². The van der Waals surface area contributed by atoms with E-state index in [1.807, 2.05) is 13.0 Å². The van der Waals surface area contributed by atoms with Crippen molar-refractivity contribution in [1.82, 2.24) is 30.1 Å². The molecule has 0 spiro atoms. The molecule has 30 heavy (non-hydrogen) atoms. The molecule has 3 heterocycles. The zero-order valence-corrected chi connectivity index (χ0v) is 16.5. The summed E-state index contributed by atoms with van der Waals surface area (Å²) in [5.74, 6) is 0.234. The molecule has 7 nitrogen and oxygen atoms in total. The molecule has 2 N–H and O–H groups in total. The highest BCUT2D eigenvalue weighted by atomic mass is 35.5. The van der Waals surface area contributed by atoms with Gasteiger partial charge in [0.2, 0.25) is 0 Å². The zero-order valence-electron chi connectivity index (χ0n) is 15.8. The van der Waals surface area contributed by atoms with Crippen LogP contribution in [-0.2, 0) is 0 Å². The van der Waals surface area contributed by atoms with E-state index in [9.17, 15) is 4.39 Å². The molecule has 0 fully saturated rings. The number of benzene rings is 2. The van der Waals surface area contributed by atoms with Gasteiger partial charge in [-0.2, -0.15) is 5.10 Å². The van der Waals surface area contributed by atoms with E-state index in [2.05, 4.69) is 35.5 Å². The maximum absolute atomic E-state index is 14.8. The zero-order chi connectivity index (χ0) is 20.7. The second-order valence-electron chi connectivity index (χ2n) is 6.79. The Kier molecular flexibility index (Phi) is 4.48. The van der Waals surface area contributed by atoms with Crippen molar-refractivity contribution in [2.24, 2.45) is 0 Å². The SMILES string of the molecule is CC(Nc1ncnc2nc[nH]c12)c1cc(Cl)c2ccnnc2c1-c1ccccc1F. The summed E-state index contributed by atoms with van der Waals surface area (Å²) in [6.07, 6.45) is 4.56. The first kappa shape index (κ1) is 18.4. The van der Waals surface area contributed by atoms with Crippen LogP contribution < -0.4 is 5.32 Å². The lowest BCUT2D eigenvalue weighted by molar-refractivity contribution is 0.631. The Labute approximate surface area is 175 Å². The third-order valence-corrected chi connectivity index (χ3v) is 5.28. The van der Waals surface area contributed by atoms with Gasteiger partial charge in [-0.3, -0.25) is 0 Å². The van der Waals surface area contributed by atoms with E-state index in [4.69, 9.17) is 11.6 Å². The van der Waals surface area contributed by atoms with Crippen LogP contribution in [0.1, 0.15) is 18.5 Å². The number of nitrogens with zero attached hydrogens (tertiary/aromatic N) is 5. The summed E-state index contributed by atoms with van der Waals surface area (Å²) in [4.78, 5) is 15.6. The third-order valence-electron chi connectivity index (χ3n) is 4.97. The van der Waals surface area contributed by atoms with Crippen LogP contribution in [0.4, 0.5) is 10.2 Å². The topological polar surface area (TPSA) is 92.3 Å². The van der Waals surface area contributed by atoms with Crippen LogP contribution in [0, 0.1) is 5.82 Å². The number of halogens is 2. The van der Waals surface area contributed by atoms with Gasteiger partial charge in [0.1, 0.15) is 23.2 Å². The molecule has 3 aromatic heterocycles. The van der Waals surface area contributed by atoms with Crippen LogP contribution in [0.2, 0.25) is 5.02 Å². The van der Waals surface area contributed by atoms with Gasteiger partial charge in [-0.1, -0.05) is 29.8 Å². The second kappa shape index (κ2) is 7.31. The Morgan fingerprint density at radius 2 is 2.00 bits per heavy atom. The van der Waals surface area contributed by atoms with E-state index in [1.54, 1.807) is 36.8 Å². The number of anilines is 1. The highest BCUT2D eigenvalue weighted by Crippen LogP contribution is 2.39. The van der Waals surface area contributed by atoms with Gasteiger partial charge in [-0.25, -0.2) is 19.3 Å². The Morgan fingerprint density at radius 1 is 1.13 bits per heavy atom. The molecule has 0 aliphatic carbocycles. The molecule has 0 saturated heterocycles. The van der Waals surface area contributed by atoms with Crippen molar-refractivity contribution in [2.75, 3.05) is 5.32 Å². The maximum Gasteiger partial charge on any atom is 0.182 e. The van der Waals surface area contributed by atoms with Crippen molar-refractivity contribution in [3.63, 3.8) is 0 Å². The summed E-state index contributed by atoms with van der Waals surface area (Å²) in [7, 11) is 0. The molecule has 0 bridgehead atoms. The maximum atomic E-state index is 14.8. The monoisotopic (exact) mass is 419 g/mol. The van der Waals surface area contributed by atoms with Crippen molar-refractivity contribution in [3.05, 3.63) is 71.7 Å². The van der Waals surface area contributed by atoms with Gasteiger partial charge < -0.3 is 10.3 Å². The predicted octanol–water partition coefficient (Wildman–Crippen LogP) is 4.93. The number of aromatic amines is 1. The summed E-state index contributed by atoms with van der Waals surface area (Å²) in [6, 6.07) is 9.90. The molecule has 0 radical (unpaired) electrons. The molecule has 5 aromatic rings. The van der Waals surface area contributed by atoms with Crippen LogP contribution in [0.3, 0.4) is 0 Å². The minimum Gasteiger partial charge on any atom is -0.362 e. The number of rotatable bonds is 4. The van der Waals surface area contributed by atoms with E-state index in [0.29, 0.717) is 44.0 Å². The van der Waals surface area contributed by atoms with E-state index >= 15 is 0 Å². The number of hydrogen-bond donors (Lipinski definition) is 2. The smallest absolute Gasteiger partial charge is 0.182 e. The van der Waals surface area contributed by atoms with Gasteiger partial charge in [-0.15, -0.1) is 5.10 Å². The standard InChI is InChI=1S/C21H15ClFN7/c1-11(29-21-19-20(25-9-24-19)26-10-27-21)14-8-15(22)12-6-7-28-30-18(12)17(14)13-4-2-3-5-16(13)23/h2-11H,1H3,(H2,24,25,26,27,29). The Balaban J connectivity index is 1.71. The van der Waals surface area contributed by atoms with E-state index in [-0.39, 0.29) is 11.9 Å². The lowest BCUT2D eigenvalue weighted by Gasteiger charge is -2.21. The summed E-state index contributed by atoms with van der Waals surface area (Å²) >= 11 is 6.55. The minimum atomic E-state index is -0.349. The van der Waals surface area contributed by atoms with Gasteiger partial charge >= 0.3 is 0 Å². The fourth-order valence-corrected chi connectivity index (χ4v) is 3.85. The molecule has 148 valence electrons. The molecule has 5 rings (SSSR count). The summed E-state index contributed by atoms with van der Waals surface area (Å²) in [5.41, 5.74) is 3.60. The van der Waals surface area contributed by atoms with Crippen LogP contribution >= 0.6 is 11.6 Å². The molecular weight excluding hydrogens is 405 g/mol. The van der Waals surface area contributed by atoms with Gasteiger partial charge in [0.25, 0.3) is 0 Å². The van der Waals surface area contributed by atoms with Gasteiger partial charge in [0, 0.05) is 16.5 Å². The predicted molar refractivity (Wildman–Crippen MR) is 114 cm³/mol. The number of nitrogens with one attached hydrogen (secondary N) is 2. The van der Waals surface area contributed by atoms with Crippen molar-refractivity contribution < 1.29 is 4.39 Å². The van der Waals surface area contributed by atoms with Crippen molar-refractivity contribution in [2.45, 2.75) is 13.0 Å². The van der Waals surface area contributed by atoms with Crippen molar-refractivity contribution in [1.29, 1.82) is 0 Å².